The zero-order valence-electron chi connectivity index (χ0n) is 15.8. The molecule has 1 unspecified atom stereocenters. The topological polar surface area (TPSA) is 148 Å². The maximum atomic E-state index is 11.4. The number of anilines is 1. The molecule has 1 amide bonds. The molecule has 1 atom stereocenters. The number of hydrogen-bond acceptors (Lipinski definition) is 8. The summed E-state index contributed by atoms with van der Waals surface area (Å²) in [7, 11) is 1.29. The number of carbonyl (C=O) groups excluding carboxylic acids is 3. The molecule has 0 aliphatic rings. The van der Waals surface area contributed by atoms with Gasteiger partial charge in [0.15, 0.2) is 0 Å². The Hall–Kier alpha value is -2.91. The molecule has 10 nitrogen and oxygen atoms in total. The minimum Gasteiger partial charge on any atom is -0.465 e. The van der Waals surface area contributed by atoms with E-state index in [1.54, 1.807) is 24.3 Å². The molecule has 0 saturated carbocycles. The Labute approximate surface area is 169 Å². The number of rotatable bonds is 5. The van der Waals surface area contributed by atoms with Crippen molar-refractivity contribution >= 4 is 42.1 Å². The molecular formula is C18H20AsNO9. The minimum absolute atomic E-state index is 0.103. The fourth-order valence-electron chi connectivity index (χ4n) is 2.03. The predicted molar refractivity (Wildman–Crippen MR) is 102 cm³/mol. The standard InChI is InChI=1S/C10H10O4.C8H10AsNO5/c1-7(11)14-9-5-3-4-8(6-9)10(12)13-2;1-6(11)10-8-5-3-2-4-7(8)9(12,13)15-14/h3-6H,1-2H3;2-5,14H,1H3,(H,10,11)(H,12,13). The third kappa shape index (κ3) is 7.92. The van der Waals surface area contributed by atoms with Crippen LogP contribution in [0.5, 0.6) is 5.75 Å². The third-order valence-corrected chi connectivity index (χ3v) is 5.71. The monoisotopic (exact) mass is 469 g/mol. The van der Waals surface area contributed by atoms with Gasteiger partial charge in [-0.05, 0) is 18.2 Å². The van der Waals surface area contributed by atoms with E-state index in [9.17, 15) is 22.2 Å². The van der Waals surface area contributed by atoms with E-state index in [1.165, 1.54) is 45.2 Å². The second-order valence-corrected chi connectivity index (χ2v) is 8.95. The Morgan fingerprint density at radius 1 is 1.03 bits per heavy atom. The average Bonchev–Trinajstić information content (AvgIpc) is 2.67. The van der Waals surface area contributed by atoms with Gasteiger partial charge in [-0.25, -0.2) is 4.79 Å². The number of ether oxygens (including phenoxy) is 2. The molecule has 2 aromatic rings. The van der Waals surface area contributed by atoms with Gasteiger partial charge in [-0.2, -0.15) is 0 Å². The van der Waals surface area contributed by atoms with Crippen molar-refractivity contribution < 1.29 is 40.8 Å². The Kier molecular flexibility index (Phi) is 9.30. The molecule has 0 fully saturated rings. The Bertz CT molecular complexity index is 929. The quantitative estimate of drug-likeness (QED) is 0.192. The van der Waals surface area contributed by atoms with Crippen molar-refractivity contribution in [2.45, 2.75) is 13.8 Å². The number of para-hydroxylation sites is 1. The first-order chi connectivity index (χ1) is 13.6. The Morgan fingerprint density at radius 2 is 1.69 bits per heavy atom. The van der Waals surface area contributed by atoms with Gasteiger partial charge in [0, 0.05) is 6.92 Å². The summed E-state index contributed by atoms with van der Waals surface area (Å²) in [6.45, 7) is 2.57. The zero-order valence-corrected chi connectivity index (χ0v) is 17.7. The van der Waals surface area contributed by atoms with E-state index in [4.69, 9.17) is 9.99 Å². The summed E-state index contributed by atoms with van der Waals surface area (Å²) in [5, 5.41) is 10.7. The van der Waals surface area contributed by atoms with Gasteiger partial charge < -0.3 is 9.47 Å². The predicted octanol–water partition coefficient (Wildman–Crippen LogP) is 1.10. The van der Waals surface area contributed by atoms with Crippen LogP contribution in [0.3, 0.4) is 0 Å². The number of hydrogen-bond donors (Lipinski definition) is 3. The van der Waals surface area contributed by atoms with Crippen LogP contribution in [0.2, 0.25) is 0 Å². The van der Waals surface area contributed by atoms with E-state index in [2.05, 4.69) is 13.9 Å². The van der Waals surface area contributed by atoms with Gasteiger partial charge in [0.05, 0.1) is 12.7 Å². The van der Waals surface area contributed by atoms with E-state index in [-0.39, 0.29) is 15.9 Å². The Morgan fingerprint density at radius 3 is 2.24 bits per heavy atom. The average molecular weight is 469 g/mol. The van der Waals surface area contributed by atoms with E-state index >= 15 is 0 Å². The summed E-state index contributed by atoms with van der Waals surface area (Å²) in [6, 6.07) is 12.1. The molecule has 0 spiro atoms. The van der Waals surface area contributed by atoms with Crippen LogP contribution >= 0.6 is 0 Å². The van der Waals surface area contributed by atoms with Gasteiger partial charge in [0.25, 0.3) is 0 Å². The van der Waals surface area contributed by atoms with Gasteiger partial charge in [-0.15, -0.1) is 0 Å². The normalized spacial score (nSPS) is 11.9. The van der Waals surface area contributed by atoms with Crippen LogP contribution in [0, 0.1) is 0 Å². The number of carbonyl (C=O) groups is 3. The van der Waals surface area contributed by atoms with E-state index in [0.29, 0.717) is 11.3 Å². The molecule has 0 bridgehead atoms. The molecule has 0 saturated heterocycles. The van der Waals surface area contributed by atoms with Crippen LogP contribution in [0.4, 0.5) is 5.69 Å². The minimum atomic E-state index is -4.92. The second-order valence-electron chi connectivity index (χ2n) is 5.41. The van der Waals surface area contributed by atoms with Crippen molar-refractivity contribution in [3.8, 4) is 5.75 Å². The third-order valence-electron chi connectivity index (χ3n) is 3.15. The molecule has 0 heterocycles. The first kappa shape index (κ1) is 24.1. The van der Waals surface area contributed by atoms with Gasteiger partial charge in [0.2, 0.25) is 0 Å². The Balaban J connectivity index is 0.000000291. The van der Waals surface area contributed by atoms with Gasteiger partial charge >= 0.3 is 100 Å². The van der Waals surface area contributed by atoms with Crippen molar-refractivity contribution in [1.82, 2.24) is 0 Å². The van der Waals surface area contributed by atoms with Crippen LogP contribution in [0.1, 0.15) is 24.2 Å². The molecule has 0 aliphatic heterocycles. The maximum Gasteiger partial charge on any atom is 0.337 e. The summed E-state index contributed by atoms with van der Waals surface area (Å²) < 4.78 is 33.4. The zero-order chi connectivity index (χ0) is 22.0. The van der Waals surface area contributed by atoms with Crippen LogP contribution in [-0.4, -0.2) is 48.5 Å². The molecule has 156 valence electrons. The second kappa shape index (κ2) is 11.2. The molecule has 0 aliphatic carbocycles. The van der Waals surface area contributed by atoms with Crippen molar-refractivity contribution in [3.63, 3.8) is 0 Å². The molecule has 0 aromatic heterocycles. The van der Waals surface area contributed by atoms with Gasteiger partial charge in [-0.1, -0.05) is 6.07 Å². The number of esters is 2. The summed E-state index contributed by atoms with van der Waals surface area (Å²) >= 11 is -4.92. The largest absolute Gasteiger partial charge is 0.465 e. The number of methoxy groups -OCH3 is 1. The van der Waals surface area contributed by atoms with Gasteiger partial charge in [-0.3, -0.25) is 4.79 Å². The maximum absolute atomic E-state index is 11.4. The molecule has 11 heteroatoms. The molecule has 2 rings (SSSR count). The molecule has 29 heavy (non-hydrogen) atoms. The van der Waals surface area contributed by atoms with E-state index < -0.39 is 26.1 Å². The SMILES string of the molecule is CC(=O)Nc1ccccc1[As](=O)(O)OO.COC(=O)c1cccc(OC(C)=O)c1. The van der Waals surface area contributed by atoms with Crippen molar-refractivity contribution in [1.29, 1.82) is 0 Å². The van der Waals surface area contributed by atoms with E-state index in [1.807, 2.05) is 0 Å². The number of amides is 1. The van der Waals surface area contributed by atoms with Gasteiger partial charge in [0.1, 0.15) is 5.75 Å². The number of nitrogens with one attached hydrogen (secondary N) is 1. The smallest absolute Gasteiger partial charge is 0.337 e. The van der Waals surface area contributed by atoms with Crippen LogP contribution in [-0.2, 0) is 21.9 Å². The summed E-state index contributed by atoms with van der Waals surface area (Å²) in [4.78, 5) is 32.5. The van der Waals surface area contributed by atoms with Crippen molar-refractivity contribution in [2.75, 3.05) is 12.4 Å². The van der Waals surface area contributed by atoms with E-state index in [0.717, 1.165) is 0 Å². The number of benzene rings is 2. The fraction of sp³-hybridized carbons (Fsp3) is 0.167. The molecule has 3 N–H and O–H groups in total. The van der Waals surface area contributed by atoms with Crippen LogP contribution < -0.4 is 14.4 Å². The summed E-state index contributed by atoms with van der Waals surface area (Å²) in [5.41, 5.74) is 0.510. The molecule has 2 aromatic carbocycles. The summed E-state index contributed by atoms with van der Waals surface area (Å²) in [5.74, 6) is -0.928. The fourth-order valence-corrected chi connectivity index (χ4v) is 3.70. The molecular weight excluding hydrogens is 449 g/mol. The van der Waals surface area contributed by atoms with Crippen molar-refractivity contribution in [3.05, 3.63) is 54.1 Å². The van der Waals surface area contributed by atoms with Crippen LogP contribution in [0.25, 0.3) is 0 Å². The summed E-state index contributed by atoms with van der Waals surface area (Å²) in [6.07, 6.45) is 0. The first-order valence-electron chi connectivity index (χ1n) is 8.00. The van der Waals surface area contributed by atoms with Crippen molar-refractivity contribution in [2.24, 2.45) is 0 Å². The van der Waals surface area contributed by atoms with Crippen LogP contribution in [0.15, 0.2) is 48.5 Å². The first-order valence-corrected chi connectivity index (χ1v) is 11.3. The molecule has 0 radical (unpaired) electrons.